The molecule has 1 amide bonds. The van der Waals surface area contributed by atoms with Gasteiger partial charge in [-0.2, -0.15) is 0 Å². The van der Waals surface area contributed by atoms with Crippen LogP contribution in [-0.2, 0) is 14.3 Å². The lowest BCUT2D eigenvalue weighted by molar-refractivity contribution is -0.143. The molecule has 2 rings (SSSR count). The number of nitrogens with zero attached hydrogens (tertiary/aromatic N) is 2. The number of amides is 1. The second-order valence-electron chi connectivity index (χ2n) is 5.35. The number of methoxy groups -OCH3 is 1. The van der Waals surface area contributed by atoms with E-state index in [1.54, 1.807) is 0 Å². The maximum absolute atomic E-state index is 12.1. The van der Waals surface area contributed by atoms with Crippen molar-refractivity contribution in [1.82, 2.24) is 15.1 Å². The molecule has 2 heterocycles. The van der Waals surface area contributed by atoms with E-state index in [0.717, 1.165) is 39.3 Å². The molecule has 0 aromatic rings. The van der Waals surface area contributed by atoms with Gasteiger partial charge in [-0.05, 0) is 6.92 Å². The van der Waals surface area contributed by atoms with Crippen molar-refractivity contribution in [2.75, 3.05) is 46.4 Å². The number of nitrogens with one attached hydrogen (secondary N) is 1. The van der Waals surface area contributed by atoms with Gasteiger partial charge in [0, 0.05) is 45.3 Å². The van der Waals surface area contributed by atoms with Gasteiger partial charge in [-0.3, -0.25) is 14.5 Å². The van der Waals surface area contributed by atoms with Crippen molar-refractivity contribution in [2.45, 2.75) is 19.4 Å². The van der Waals surface area contributed by atoms with E-state index in [2.05, 4.69) is 15.0 Å². The van der Waals surface area contributed by atoms with Crippen molar-refractivity contribution in [1.29, 1.82) is 0 Å². The first-order valence-corrected chi connectivity index (χ1v) is 6.92. The molecule has 0 aromatic carbocycles. The van der Waals surface area contributed by atoms with Crippen LogP contribution < -0.4 is 5.32 Å². The van der Waals surface area contributed by atoms with Gasteiger partial charge in [0.2, 0.25) is 5.91 Å². The van der Waals surface area contributed by atoms with Crippen molar-refractivity contribution < 1.29 is 14.3 Å². The Balaban J connectivity index is 0.00000200. The third-order valence-electron chi connectivity index (χ3n) is 4.07. The van der Waals surface area contributed by atoms with E-state index in [-0.39, 0.29) is 36.2 Å². The van der Waals surface area contributed by atoms with Crippen LogP contribution in [0.1, 0.15) is 13.3 Å². The van der Waals surface area contributed by atoms with E-state index in [4.69, 9.17) is 0 Å². The van der Waals surface area contributed by atoms with Gasteiger partial charge in [-0.25, -0.2) is 0 Å². The highest BCUT2D eigenvalue weighted by Crippen LogP contribution is 2.14. The first kappa shape index (κ1) is 17.2. The van der Waals surface area contributed by atoms with Crippen molar-refractivity contribution >= 4 is 24.3 Å². The van der Waals surface area contributed by atoms with Crippen LogP contribution in [0.5, 0.6) is 0 Å². The van der Waals surface area contributed by atoms with Crippen molar-refractivity contribution in [3.8, 4) is 0 Å². The molecule has 116 valence electrons. The van der Waals surface area contributed by atoms with Crippen molar-refractivity contribution in [2.24, 2.45) is 5.92 Å². The molecule has 1 atom stereocenters. The number of ether oxygens (including phenoxy) is 1. The van der Waals surface area contributed by atoms with Gasteiger partial charge in [-0.1, -0.05) is 0 Å². The maximum atomic E-state index is 12.1. The van der Waals surface area contributed by atoms with E-state index in [1.807, 2.05) is 11.8 Å². The average Bonchev–Trinajstić information content (AvgIpc) is 2.36. The Morgan fingerprint density at radius 1 is 1.25 bits per heavy atom. The second kappa shape index (κ2) is 7.81. The fourth-order valence-corrected chi connectivity index (χ4v) is 2.56. The van der Waals surface area contributed by atoms with Gasteiger partial charge in [0.15, 0.2) is 0 Å². The minimum atomic E-state index is -0.174. The van der Waals surface area contributed by atoms with E-state index in [1.165, 1.54) is 7.11 Å². The molecule has 20 heavy (non-hydrogen) atoms. The Bertz CT molecular complexity index is 342. The molecule has 0 aromatic heterocycles. The predicted molar refractivity (Wildman–Crippen MR) is 77.9 cm³/mol. The molecule has 7 heteroatoms. The van der Waals surface area contributed by atoms with Gasteiger partial charge in [0.1, 0.15) is 0 Å². The lowest BCUT2D eigenvalue weighted by atomic mass is 10.0. The van der Waals surface area contributed by atoms with Crippen LogP contribution >= 0.6 is 12.4 Å². The molecule has 6 nitrogen and oxygen atoms in total. The fraction of sp³-hybridized carbons (Fsp3) is 0.846. The largest absolute Gasteiger partial charge is 0.469 e. The summed E-state index contributed by atoms with van der Waals surface area (Å²) < 4.78 is 4.69. The summed E-state index contributed by atoms with van der Waals surface area (Å²) in [5, 5.41) is 3.13. The Morgan fingerprint density at radius 2 is 1.85 bits per heavy atom. The fourth-order valence-electron chi connectivity index (χ4n) is 2.56. The lowest BCUT2D eigenvalue weighted by Crippen LogP contribution is -2.57. The van der Waals surface area contributed by atoms with E-state index in [9.17, 15) is 9.59 Å². The zero-order valence-corrected chi connectivity index (χ0v) is 12.9. The number of esters is 1. The minimum absolute atomic E-state index is 0. The standard InChI is InChI=1S/C13H23N3O3.ClH/c1-10(7-12(17)19-2)15-3-5-16(6-4-15)13(18)11-8-14-9-11;/h10-11,14H,3-9H2,1-2H3;1H. The third kappa shape index (κ3) is 4.07. The average molecular weight is 306 g/mol. The molecule has 0 saturated carbocycles. The molecule has 2 aliphatic heterocycles. The summed E-state index contributed by atoms with van der Waals surface area (Å²) in [6, 6.07) is 0.176. The molecule has 1 N–H and O–H groups in total. The number of rotatable bonds is 4. The molecule has 0 aliphatic carbocycles. The summed E-state index contributed by atoms with van der Waals surface area (Å²) >= 11 is 0. The van der Waals surface area contributed by atoms with Crippen LogP contribution in [0.2, 0.25) is 0 Å². The summed E-state index contributed by atoms with van der Waals surface area (Å²) in [7, 11) is 1.41. The predicted octanol–water partition coefficient (Wildman–Crippen LogP) is -0.277. The number of piperazine rings is 1. The van der Waals surface area contributed by atoms with E-state index in [0.29, 0.717) is 6.42 Å². The van der Waals surface area contributed by atoms with Crippen LogP contribution in [0.25, 0.3) is 0 Å². The second-order valence-corrected chi connectivity index (χ2v) is 5.35. The topological polar surface area (TPSA) is 61.9 Å². The first-order valence-electron chi connectivity index (χ1n) is 6.92. The molecule has 0 radical (unpaired) electrons. The first-order chi connectivity index (χ1) is 9.11. The van der Waals surface area contributed by atoms with Crippen LogP contribution in [0.15, 0.2) is 0 Å². The van der Waals surface area contributed by atoms with Gasteiger partial charge in [0.25, 0.3) is 0 Å². The summed E-state index contributed by atoms with van der Waals surface area (Å²) in [5.41, 5.74) is 0. The Hall–Kier alpha value is -0.850. The van der Waals surface area contributed by atoms with Crippen molar-refractivity contribution in [3.05, 3.63) is 0 Å². The molecule has 0 spiro atoms. The van der Waals surface area contributed by atoms with Crippen molar-refractivity contribution in [3.63, 3.8) is 0 Å². The number of carbonyl (C=O) groups excluding carboxylic acids is 2. The highest BCUT2D eigenvalue weighted by atomic mass is 35.5. The number of hydrogen-bond acceptors (Lipinski definition) is 5. The zero-order chi connectivity index (χ0) is 13.8. The summed E-state index contributed by atoms with van der Waals surface area (Å²) in [4.78, 5) is 27.5. The third-order valence-corrected chi connectivity index (χ3v) is 4.07. The summed E-state index contributed by atoms with van der Waals surface area (Å²) in [6.45, 7) is 6.87. The van der Waals surface area contributed by atoms with Gasteiger partial charge < -0.3 is 15.0 Å². The normalized spacial score (nSPS) is 21.6. The molecule has 1 unspecified atom stereocenters. The maximum Gasteiger partial charge on any atom is 0.307 e. The molecule has 0 bridgehead atoms. The van der Waals surface area contributed by atoms with Crippen LogP contribution in [0, 0.1) is 5.92 Å². The molecular weight excluding hydrogens is 282 g/mol. The number of hydrogen-bond donors (Lipinski definition) is 1. The molecule has 2 fully saturated rings. The van der Waals surface area contributed by atoms with Gasteiger partial charge >= 0.3 is 5.97 Å². The quantitative estimate of drug-likeness (QED) is 0.724. The van der Waals surface area contributed by atoms with Crippen LogP contribution in [0.3, 0.4) is 0 Å². The van der Waals surface area contributed by atoms with Gasteiger partial charge in [-0.15, -0.1) is 12.4 Å². The Kier molecular flexibility index (Phi) is 6.71. The molecule has 2 saturated heterocycles. The summed E-state index contributed by atoms with van der Waals surface area (Å²) in [6.07, 6.45) is 0.414. The van der Waals surface area contributed by atoms with Gasteiger partial charge in [0.05, 0.1) is 19.4 Å². The van der Waals surface area contributed by atoms with Crippen LogP contribution in [-0.4, -0.2) is 74.1 Å². The number of carbonyl (C=O) groups is 2. The Morgan fingerprint density at radius 3 is 2.30 bits per heavy atom. The SMILES string of the molecule is COC(=O)CC(C)N1CCN(C(=O)C2CNC2)CC1.Cl. The minimum Gasteiger partial charge on any atom is -0.469 e. The Labute approximate surface area is 126 Å². The van der Waals surface area contributed by atoms with E-state index < -0.39 is 0 Å². The summed E-state index contributed by atoms with van der Waals surface area (Å²) in [5.74, 6) is 0.282. The monoisotopic (exact) mass is 305 g/mol. The highest BCUT2D eigenvalue weighted by Gasteiger charge is 2.32. The zero-order valence-electron chi connectivity index (χ0n) is 12.1. The lowest BCUT2D eigenvalue weighted by Gasteiger charge is -2.40. The molecular formula is C13H24ClN3O3. The smallest absolute Gasteiger partial charge is 0.307 e. The van der Waals surface area contributed by atoms with E-state index >= 15 is 0 Å². The molecule has 2 aliphatic rings. The highest BCUT2D eigenvalue weighted by molar-refractivity contribution is 5.85. The van der Waals surface area contributed by atoms with Crippen LogP contribution in [0.4, 0.5) is 0 Å². The number of halogens is 1.